The van der Waals surface area contributed by atoms with Crippen LogP contribution in [-0.2, 0) is 18.3 Å². The van der Waals surface area contributed by atoms with E-state index in [0.717, 1.165) is 4.47 Å². The smallest absolute Gasteiger partial charge is 0.341 e. The molecule has 0 spiro atoms. The van der Waals surface area contributed by atoms with Crippen LogP contribution in [0.1, 0.15) is 23.0 Å². The first-order valence-corrected chi connectivity index (χ1v) is 7.76. The monoisotopic (exact) mass is 417 g/mol. The van der Waals surface area contributed by atoms with Crippen LogP contribution in [0.4, 0.5) is 0 Å². The van der Waals surface area contributed by atoms with Gasteiger partial charge in [-0.05, 0) is 44.8 Å². The SMILES string of the molecule is CCOC(=O)c1cnn(C)c1Cn1cc(Br)cc(Br)c1=O. The molecule has 0 atom stereocenters. The Morgan fingerprint density at radius 2 is 2.14 bits per heavy atom. The van der Waals surface area contributed by atoms with Crippen molar-refractivity contribution in [3.05, 3.63) is 49.0 Å². The number of nitrogens with zero attached hydrogens (tertiary/aromatic N) is 3. The molecule has 6 nitrogen and oxygen atoms in total. The van der Waals surface area contributed by atoms with Crippen molar-refractivity contribution in [1.29, 1.82) is 0 Å². The van der Waals surface area contributed by atoms with Crippen molar-refractivity contribution in [2.45, 2.75) is 13.5 Å². The van der Waals surface area contributed by atoms with Crippen LogP contribution in [0.25, 0.3) is 0 Å². The Bertz CT molecular complexity index is 737. The summed E-state index contributed by atoms with van der Waals surface area (Å²) in [5.74, 6) is -0.442. The lowest BCUT2D eigenvalue weighted by Gasteiger charge is -2.09. The van der Waals surface area contributed by atoms with Gasteiger partial charge >= 0.3 is 5.97 Å². The summed E-state index contributed by atoms with van der Waals surface area (Å²) < 4.78 is 9.26. The van der Waals surface area contributed by atoms with Crippen LogP contribution in [0.3, 0.4) is 0 Å². The summed E-state index contributed by atoms with van der Waals surface area (Å²) in [6.07, 6.45) is 3.11. The van der Waals surface area contributed by atoms with Crippen LogP contribution in [0, 0.1) is 0 Å². The Kier molecular flexibility index (Phi) is 5.00. The van der Waals surface area contributed by atoms with E-state index in [9.17, 15) is 9.59 Å². The number of aryl methyl sites for hydroxylation is 1. The van der Waals surface area contributed by atoms with Crippen LogP contribution >= 0.6 is 31.9 Å². The minimum atomic E-state index is -0.442. The lowest BCUT2D eigenvalue weighted by Crippen LogP contribution is -2.23. The minimum Gasteiger partial charge on any atom is -0.462 e. The van der Waals surface area contributed by atoms with Gasteiger partial charge in [-0.1, -0.05) is 0 Å². The fraction of sp³-hybridized carbons (Fsp3) is 0.308. The zero-order valence-corrected chi connectivity index (χ0v) is 14.6. The van der Waals surface area contributed by atoms with Crippen LogP contribution < -0.4 is 5.56 Å². The van der Waals surface area contributed by atoms with Gasteiger partial charge in [-0.15, -0.1) is 0 Å². The van der Waals surface area contributed by atoms with Gasteiger partial charge in [0.25, 0.3) is 5.56 Å². The fourth-order valence-corrected chi connectivity index (χ4v) is 3.13. The highest BCUT2D eigenvalue weighted by atomic mass is 79.9. The molecule has 112 valence electrons. The zero-order valence-electron chi connectivity index (χ0n) is 11.5. The fourth-order valence-electron chi connectivity index (χ4n) is 1.87. The molecule has 0 saturated heterocycles. The molecule has 0 aliphatic carbocycles. The minimum absolute atomic E-state index is 0.186. The van der Waals surface area contributed by atoms with Gasteiger partial charge in [0.1, 0.15) is 5.56 Å². The van der Waals surface area contributed by atoms with Gasteiger partial charge in [-0.25, -0.2) is 4.79 Å². The third kappa shape index (κ3) is 3.44. The molecule has 8 heteroatoms. The summed E-state index contributed by atoms with van der Waals surface area (Å²) >= 11 is 6.55. The average Bonchev–Trinajstić information content (AvgIpc) is 2.77. The van der Waals surface area contributed by atoms with Crippen LogP contribution in [-0.4, -0.2) is 26.9 Å². The number of rotatable bonds is 4. The average molecular weight is 419 g/mol. The summed E-state index contributed by atoms with van der Waals surface area (Å²) in [7, 11) is 1.72. The van der Waals surface area contributed by atoms with Crippen molar-refractivity contribution in [2.24, 2.45) is 7.05 Å². The Labute approximate surface area is 138 Å². The maximum absolute atomic E-state index is 12.1. The van der Waals surface area contributed by atoms with E-state index in [1.54, 1.807) is 30.9 Å². The number of aromatic nitrogens is 3. The summed E-state index contributed by atoms with van der Waals surface area (Å²) in [6, 6.07) is 1.67. The molecule has 2 rings (SSSR count). The largest absolute Gasteiger partial charge is 0.462 e. The van der Waals surface area contributed by atoms with Gasteiger partial charge in [0.15, 0.2) is 0 Å². The lowest BCUT2D eigenvalue weighted by molar-refractivity contribution is 0.0524. The van der Waals surface area contributed by atoms with E-state index in [2.05, 4.69) is 37.0 Å². The number of ether oxygens (including phenoxy) is 1. The number of carbonyl (C=O) groups excluding carboxylic acids is 1. The Morgan fingerprint density at radius 1 is 1.43 bits per heavy atom. The predicted octanol–water partition coefficient (Wildman–Crippen LogP) is 2.33. The molecule has 0 aliphatic rings. The molecule has 21 heavy (non-hydrogen) atoms. The van der Waals surface area contributed by atoms with E-state index in [0.29, 0.717) is 15.7 Å². The van der Waals surface area contributed by atoms with E-state index in [4.69, 9.17) is 4.74 Å². The van der Waals surface area contributed by atoms with Crippen molar-refractivity contribution in [2.75, 3.05) is 6.61 Å². The quantitative estimate of drug-likeness (QED) is 0.714. The molecule has 2 aromatic rings. The number of halogens is 2. The van der Waals surface area contributed by atoms with Crippen LogP contribution in [0.15, 0.2) is 32.2 Å². The first-order chi connectivity index (χ1) is 9.93. The first-order valence-electron chi connectivity index (χ1n) is 6.17. The Balaban J connectivity index is 2.43. The molecule has 0 radical (unpaired) electrons. The standard InChI is InChI=1S/C13H13Br2N3O3/c1-3-21-13(20)9-5-16-17(2)11(9)7-18-6-8(14)4-10(15)12(18)19/h4-6H,3,7H2,1-2H3. The van der Waals surface area contributed by atoms with Gasteiger partial charge in [-0.3, -0.25) is 9.48 Å². The maximum atomic E-state index is 12.1. The van der Waals surface area contributed by atoms with Crippen molar-refractivity contribution >= 4 is 37.8 Å². The van der Waals surface area contributed by atoms with Gasteiger partial charge in [0.05, 0.1) is 29.5 Å². The number of carbonyl (C=O) groups is 1. The van der Waals surface area contributed by atoms with Crippen molar-refractivity contribution in [3.63, 3.8) is 0 Å². The molecule has 0 saturated carbocycles. The van der Waals surface area contributed by atoms with Gasteiger partial charge in [0.2, 0.25) is 0 Å². The second-order valence-corrected chi connectivity index (χ2v) is 6.06. The third-order valence-corrected chi connectivity index (χ3v) is 3.89. The Morgan fingerprint density at radius 3 is 2.81 bits per heavy atom. The molecule has 0 fully saturated rings. The van der Waals surface area contributed by atoms with E-state index in [1.165, 1.54) is 10.8 Å². The molecular formula is C13H13Br2N3O3. The molecular weight excluding hydrogens is 406 g/mol. The topological polar surface area (TPSA) is 66.1 Å². The van der Waals surface area contributed by atoms with Gasteiger partial charge in [-0.2, -0.15) is 5.10 Å². The highest BCUT2D eigenvalue weighted by molar-refractivity contribution is 9.11. The number of hydrogen-bond acceptors (Lipinski definition) is 4. The van der Waals surface area contributed by atoms with E-state index in [1.807, 2.05) is 0 Å². The lowest BCUT2D eigenvalue weighted by atomic mass is 10.2. The van der Waals surface area contributed by atoms with E-state index >= 15 is 0 Å². The molecule has 0 bridgehead atoms. The second-order valence-electron chi connectivity index (χ2n) is 4.29. The van der Waals surface area contributed by atoms with Crippen LogP contribution in [0.2, 0.25) is 0 Å². The highest BCUT2D eigenvalue weighted by Gasteiger charge is 2.18. The summed E-state index contributed by atoms with van der Waals surface area (Å²) in [5.41, 5.74) is 0.789. The highest BCUT2D eigenvalue weighted by Crippen LogP contribution is 2.15. The third-order valence-electron chi connectivity index (χ3n) is 2.89. The number of hydrogen-bond donors (Lipinski definition) is 0. The van der Waals surface area contributed by atoms with Crippen molar-refractivity contribution < 1.29 is 9.53 Å². The van der Waals surface area contributed by atoms with E-state index < -0.39 is 5.97 Å². The molecule has 2 heterocycles. The summed E-state index contributed by atoms with van der Waals surface area (Å²) in [5, 5.41) is 4.07. The molecule has 0 aliphatic heterocycles. The second kappa shape index (κ2) is 6.57. The molecule has 0 aromatic carbocycles. The zero-order chi connectivity index (χ0) is 15.6. The maximum Gasteiger partial charge on any atom is 0.341 e. The first kappa shape index (κ1) is 16.0. The van der Waals surface area contributed by atoms with Crippen LogP contribution in [0.5, 0.6) is 0 Å². The van der Waals surface area contributed by atoms with Gasteiger partial charge < -0.3 is 9.30 Å². The number of pyridine rings is 1. The molecule has 0 unspecified atom stereocenters. The normalized spacial score (nSPS) is 10.7. The molecule has 0 N–H and O–H groups in total. The summed E-state index contributed by atoms with van der Waals surface area (Å²) in [6.45, 7) is 2.25. The molecule has 2 aromatic heterocycles. The Hall–Kier alpha value is -1.41. The number of esters is 1. The molecule has 0 amide bonds. The van der Waals surface area contributed by atoms with Crippen molar-refractivity contribution in [3.8, 4) is 0 Å². The predicted molar refractivity (Wildman–Crippen MR) is 84.4 cm³/mol. The van der Waals surface area contributed by atoms with Crippen molar-refractivity contribution in [1.82, 2.24) is 14.3 Å². The van der Waals surface area contributed by atoms with Gasteiger partial charge in [0, 0.05) is 17.7 Å². The van der Waals surface area contributed by atoms with E-state index in [-0.39, 0.29) is 18.7 Å². The summed E-state index contributed by atoms with van der Waals surface area (Å²) in [4.78, 5) is 24.0.